The Morgan fingerprint density at radius 1 is 1.56 bits per heavy atom. The molecule has 0 amide bonds. The molecule has 90 valence electrons. The van der Waals surface area contributed by atoms with Gasteiger partial charge in [-0.1, -0.05) is 13.3 Å². The van der Waals surface area contributed by atoms with E-state index in [1.54, 1.807) is 6.92 Å². The zero-order chi connectivity index (χ0) is 12.0. The molecule has 0 aliphatic rings. The molecule has 0 aliphatic heterocycles. The first-order chi connectivity index (χ1) is 7.71. The maximum absolute atomic E-state index is 11.3. The Kier molecular flexibility index (Phi) is 4.91. The molecule has 1 rings (SSSR count). The number of carbonyl (C=O) groups excluding carboxylic acids is 1. The minimum Gasteiger partial charge on any atom is -0.460 e. The molecule has 6 nitrogen and oxygen atoms in total. The number of nitrogens with zero attached hydrogens (tertiary/aromatic N) is 2. The van der Waals surface area contributed by atoms with Crippen LogP contribution in [0.5, 0.6) is 0 Å². The molecule has 0 aliphatic carbocycles. The molecule has 16 heavy (non-hydrogen) atoms. The van der Waals surface area contributed by atoms with Crippen LogP contribution in [0.25, 0.3) is 0 Å². The van der Waals surface area contributed by atoms with Crippen molar-refractivity contribution in [3.63, 3.8) is 0 Å². The third-order valence-electron chi connectivity index (χ3n) is 2.38. The molecule has 1 atom stereocenters. The molecule has 6 heteroatoms. The Bertz CT molecular complexity index is 333. The van der Waals surface area contributed by atoms with Crippen LogP contribution in [0.15, 0.2) is 0 Å². The summed E-state index contributed by atoms with van der Waals surface area (Å²) >= 11 is 0. The number of ether oxygens (including phenoxy) is 1. The summed E-state index contributed by atoms with van der Waals surface area (Å²) < 4.78 is 4.79. The molecule has 1 aromatic heterocycles. The van der Waals surface area contributed by atoms with Crippen molar-refractivity contribution in [1.82, 2.24) is 15.2 Å². The summed E-state index contributed by atoms with van der Waals surface area (Å²) in [6.45, 7) is 4.74. The minimum atomic E-state index is -0.495. The van der Waals surface area contributed by atoms with E-state index < -0.39 is 5.97 Å². The van der Waals surface area contributed by atoms with Crippen molar-refractivity contribution in [3.8, 4) is 0 Å². The standard InChI is InChI=1S/C10H18N4O2/c1-3-7(6-11)5-8-12-9(14-13-8)10(15)16-4-2/h7H,3-6,11H2,1-2H3,(H,12,13,14). The Balaban J connectivity index is 2.60. The lowest BCUT2D eigenvalue weighted by molar-refractivity contribution is 0.0512. The third kappa shape index (κ3) is 3.30. The van der Waals surface area contributed by atoms with Crippen LogP contribution in [-0.2, 0) is 11.2 Å². The second kappa shape index (κ2) is 6.22. The van der Waals surface area contributed by atoms with E-state index in [0.717, 1.165) is 6.42 Å². The van der Waals surface area contributed by atoms with Crippen LogP contribution in [0.3, 0.4) is 0 Å². The number of nitrogens with one attached hydrogen (secondary N) is 1. The van der Waals surface area contributed by atoms with Crippen LogP contribution < -0.4 is 5.73 Å². The average Bonchev–Trinajstić information content (AvgIpc) is 2.74. The number of esters is 1. The van der Waals surface area contributed by atoms with Crippen molar-refractivity contribution < 1.29 is 9.53 Å². The highest BCUT2D eigenvalue weighted by Gasteiger charge is 2.15. The number of H-pyrrole nitrogens is 1. The highest BCUT2D eigenvalue weighted by Crippen LogP contribution is 2.07. The van der Waals surface area contributed by atoms with E-state index in [4.69, 9.17) is 10.5 Å². The van der Waals surface area contributed by atoms with E-state index in [1.807, 2.05) is 0 Å². The largest absolute Gasteiger partial charge is 0.460 e. The van der Waals surface area contributed by atoms with Crippen molar-refractivity contribution in [1.29, 1.82) is 0 Å². The first-order valence-corrected chi connectivity index (χ1v) is 5.49. The zero-order valence-corrected chi connectivity index (χ0v) is 9.69. The van der Waals surface area contributed by atoms with Gasteiger partial charge in [0.15, 0.2) is 0 Å². The number of nitrogens with two attached hydrogens (primary N) is 1. The van der Waals surface area contributed by atoms with Crippen molar-refractivity contribution >= 4 is 5.97 Å². The van der Waals surface area contributed by atoms with E-state index in [9.17, 15) is 4.79 Å². The maximum Gasteiger partial charge on any atom is 0.378 e. The highest BCUT2D eigenvalue weighted by atomic mass is 16.5. The quantitative estimate of drug-likeness (QED) is 0.689. The average molecular weight is 226 g/mol. The van der Waals surface area contributed by atoms with Crippen LogP contribution in [0.1, 0.15) is 36.7 Å². The minimum absolute atomic E-state index is 0.0868. The van der Waals surface area contributed by atoms with Gasteiger partial charge in [0.1, 0.15) is 5.82 Å². The zero-order valence-electron chi connectivity index (χ0n) is 9.69. The predicted octanol–water partition coefficient (Wildman–Crippen LogP) is 0.509. The summed E-state index contributed by atoms with van der Waals surface area (Å²) in [5.41, 5.74) is 5.59. The SMILES string of the molecule is CCOC(=O)c1n[nH]c(CC(CC)CN)n1. The van der Waals surface area contributed by atoms with E-state index in [0.29, 0.717) is 31.3 Å². The number of aromatic nitrogens is 3. The first-order valence-electron chi connectivity index (χ1n) is 5.49. The lowest BCUT2D eigenvalue weighted by atomic mass is 10.0. The van der Waals surface area contributed by atoms with Crippen molar-refractivity contribution in [2.75, 3.05) is 13.2 Å². The van der Waals surface area contributed by atoms with Gasteiger partial charge in [-0.2, -0.15) is 0 Å². The number of hydrogen-bond acceptors (Lipinski definition) is 5. The summed E-state index contributed by atoms with van der Waals surface area (Å²) in [6, 6.07) is 0. The van der Waals surface area contributed by atoms with Crippen molar-refractivity contribution in [3.05, 3.63) is 11.6 Å². The first kappa shape index (κ1) is 12.6. The Morgan fingerprint density at radius 2 is 2.31 bits per heavy atom. The molecule has 3 N–H and O–H groups in total. The van der Waals surface area contributed by atoms with Gasteiger partial charge in [-0.15, -0.1) is 5.10 Å². The molecule has 0 aromatic carbocycles. The van der Waals surface area contributed by atoms with Gasteiger partial charge in [-0.05, 0) is 19.4 Å². The fourth-order valence-electron chi connectivity index (χ4n) is 1.34. The number of carbonyl (C=O) groups is 1. The summed E-state index contributed by atoms with van der Waals surface area (Å²) in [4.78, 5) is 15.4. The predicted molar refractivity (Wildman–Crippen MR) is 58.9 cm³/mol. The molecule has 0 radical (unpaired) electrons. The van der Waals surface area contributed by atoms with Gasteiger partial charge in [-0.25, -0.2) is 9.78 Å². The lowest BCUT2D eigenvalue weighted by Crippen LogP contribution is -2.16. The molecule has 1 heterocycles. The Morgan fingerprint density at radius 3 is 2.88 bits per heavy atom. The summed E-state index contributed by atoms with van der Waals surface area (Å²) in [7, 11) is 0. The van der Waals surface area contributed by atoms with E-state index in [-0.39, 0.29) is 5.82 Å². The van der Waals surface area contributed by atoms with Gasteiger partial charge in [-0.3, -0.25) is 5.10 Å². The highest BCUT2D eigenvalue weighted by molar-refractivity contribution is 5.84. The monoisotopic (exact) mass is 226 g/mol. The molecule has 0 saturated carbocycles. The van der Waals surface area contributed by atoms with Gasteiger partial charge < -0.3 is 10.5 Å². The normalized spacial score (nSPS) is 12.4. The number of rotatable bonds is 6. The van der Waals surface area contributed by atoms with Gasteiger partial charge in [0.25, 0.3) is 5.82 Å². The molecule has 1 aromatic rings. The van der Waals surface area contributed by atoms with Crippen LogP contribution in [-0.4, -0.2) is 34.3 Å². The fraction of sp³-hybridized carbons (Fsp3) is 0.700. The van der Waals surface area contributed by atoms with Gasteiger partial charge in [0.2, 0.25) is 0 Å². The van der Waals surface area contributed by atoms with Crippen molar-refractivity contribution in [2.24, 2.45) is 11.7 Å². The van der Waals surface area contributed by atoms with E-state index >= 15 is 0 Å². The number of hydrogen-bond donors (Lipinski definition) is 2. The topological polar surface area (TPSA) is 93.9 Å². The second-order valence-electron chi connectivity index (χ2n) is 3.54. The summed E-state index contributed by atoms with van der Waals surface area (Å²) in [5, 5.41) is 6.53. The Labute approximate surface area is 94.6 Å². The Hall–Kier alpha value is -1.43. The van der Waals surface area contributed by atoms with Crippen molar-refractivity contribution in [2.45, 2.75) is 26.7 Å². The van der Waals surface area contributed by atoms with Crippen LogP contribution in [0.2, 0.25) is 0 Å². The van der Waals surface area contributed by atoms with E-state index in [2.05, 4.69) is 22.1 Å². The smallest absolute Gasteiger partial charge is 0.378 e. The maximum atomic E-state index is 11.3. The molecule has 0 bridgehead atoms. The van der Waals surface area contributed by atoms with Crippen LogP contribution >= 0.6 is 0 Å². The fourth-order valence-corrected chi connectivity index (χ4v) is 1.34. The molecule has 0 fully saturated rings. The van der Waals surface area contributed by atoms with Gasteiger partial charge in [0, 0.05) is 6.42 Å². The molecular weight excluding hydrogens is 208 g/mol. The third-order valence-corrected chi connectivity index (χ3v) is 2.38. The lowest BCUT2D eigenvalue weighted by Gasteiger charge is -2.08. The van der Waals surface area contributed by atoms with Gasteiger partial charge >= 0.3 is 5.97 Å². The van der Waals surface area contributed by atoms with Gasteiger partial charge in [0.05, 0.1) is 6.61 Å². The summed E-state index contributed by atoms with van der Waals surface area (Å²) in [6.07, 6.45) is 1.69. The second-order valence-corrected chi connectivity index (χ2v) is 3.54. The molecular formula is C10H18N4O2. The molecule has 0 saturated heterocycles. The van der Waals surface area contributed by atoms with Crippen LogP contribution in [0.4, 0.5) is 0 Å². The molecule has 0 spiro atoms. The number of aromatic amines is 1. The van der Waals surface area contributed by atoms with E-state index in [1.165, 1.54) is 0 Å². The molecule has 1 unspecified atom stereocenters. The summed E-state index contributed by atoms with van der Waals surface area (Å²) in [5.74, 6) is 0.637. The van der Waals surface area contributed by atoms with Crippen LogP contribution in [0, 0.1) is 5.92 Å².